The van der Waals surface area contributed by atoms with Crippen LogP contribution in [0, 0.1) is 0 Å². The minimum absolute atomic E-state index is 0.117. The summed E-state index contributed by atoms with van der Waals surface area (Å²) < 4.78 is 27.7. The van der Waals surface area contributed by atoms with Crippen molar-refractivity contribution in [3.05, 3.63) is 107 Å². The van der Waals surface area contributed by atoms with Gasteiger partial charge in [0.1, 0.15) is 0 Å². The first kappa shape index (κ1) is 22.9. The molecule has 3 aromatic carbocycles. The van der Waals surface area contributed by atoms with Crippen molar-refractivity contribution in [3.63, 3.8) is 0 Å². The molecule has 0 spiro atoms. The van der Waals surface area contributed by atoms with Crippen molar-refractivity contribution in [1.82, 2.24) is 5.43 Å². The van der Waals surface area contributed by atoms with Crippen LogP contribution in [0.25, 0.3) is 0 Å². The van der Waals surface area contributed by atoms with Crippen molar-refractivity contribution in [2.24, 2.45) is 5.10 Å². The SMILES string of the molecule is CS(=O)(=O)Cc1ccc(C(=O)OCC(=O)NN=C(c2ccccc2)c2ccccc2)cc1. The molecule has 164 valence electrons. The molecule has 0 bridgehead atoms. The number of ether oxygens (including phenoxy) is 1. The molecule has 0 heterocycles. The van der Waals surface area contributed by atoms with Crippen LogP contribution >= 0.6 is 0 Å². The molecule has 8 heteroatoms. The van der Waals surface area contributed by atoms with Crippen LogP contribution in [0.1, 0.15) is 27.0 Å². The molecule has 1 amide bonds. The van der Waals surface area contributed by atoms with E-state index in [4.69, 9.17) is 4.74 Å². The first-order valence-corrected chi connectivity index (χ1v) is 11.8. The van der Waals surface area contributed by atoms with Crippen molar-refractivity contribution in [3.8, 4) is 0 Å². The molecular weight excluding hydrogens is 428 g/mol. The number of rotatable bonds is 8. The maximum atomic E-state index is 12.2. The zero-order valence-electron chi connectivity index (χ0n) is 17.4. The Kier molecular flexibility index (Phi) is 7.51. The van der Waals surface area contributed by atoms with E-state index < -0.39 is 28.3 Å². The molecule has 0 fully saturated rings. The number of hydrogen-bond donors (Lipinski definition) is 1. The van der Waals surface area contributed by atoms with E-state index in [-0.39, 0.29) is 11.3 Å². The van der Waals surface area contributed by atoms with Gasteiger partial charge in [-0.2, -0.15) is 5.10 Å². The van der Waals surface area contributed by atoms with Gasteiger partial charge in [-0.15, -0.1) is 0 Å². The lowest BCUT2D eigenvalue weighted by molar-refractivity contribution is -0.124. The van der Waals surface area contributed by atoms with Crippen LogP contribution in [-0.4, -0.2) is 38.9 Å². The van der Waals surface area contributed by atoms with Crippen molar-refractivity contribution in [1.29, 1.82) is 0 Å². The van der Waals surface area contributed by atoms with Crippen LogP contribution in [0.15, 0.2) is 90.0 Å². The Bertz CT molecular complexity index is 1160. The number of esters is 1. The predicted molar refractivity (Wildman–Crippen MR) is 122 cm³/mol. The van der Waals surface area contributed by atoms with Crippen LogP contribution in [0.2, 0.25) is 0 Å². The van der Waals surface area contributed by atoms with Gasteiger partial charge in [0.05, 0.1) is 17.0 Å². The molecule has 0 saturated heterocycles. The van der Waals surface area contributed by atoms with Gasteiger partial charge in [-0.3, -0.25) is 4.79 Å². The van der Waals surface area contributed by atoms with E-state index in [1.165, 1.54) is 24.3 Å². The van der Waals surface area contributed by atoms with Crippen LogP contribution in [0.3, 0.4) is 0 Å². The molecule has 3 rings (SSSR count). The maximum absolute atomic E-state index is 12.2. The van der Waals surface area contributed by atoms with Crippen molar-refractivity contribution in [2.75, 3.05) is 12.9 Å². The predicted octanol–water partition coefficient (Wildman–Crippen LogP) is 2.96. The topological polar surface area (TPSA) is 102 Å². The minimum atomic E-state index is -3.17. The second kappa shape index (κ2) is 10.5. The average Bonchev–Trinajstić information content (AvgIpc) is 2.78. The van der Waals surface area contributed by atoms with Crippen LogP contribution < -0.4 is 5.43 Å². The standard InChI is InChI=1S/C24H22N2O5S/c1-32(29,30)17-18-12-14-21(15-13-18)24(28)31-16-22(27)25-26-23(19-8-4-2-5-9-19)20-10-6-3-7-11-20/h2-15H,16-17H2,1H3,(H,25,27). The second-order valence-corrected chi connectivity index (χ2v) is 9.21. The molecule has 0 atom stereocenters. The Morgan fingerprint density at radius 3 is 1.84 bits per heavy atom. The molecular formula is C24H22N2O5S. The van der Waals surface area contributed by atoms with Gasteiger partial charge in [-0.25, -0.2) is 18.6 Å². The Hall–Kier alpha value is -3.78. The largest absolute Gasteiger partial charge is 0.452 e. The lowest BCUT2D eigenvalue weighted by atomic mass is 10.0. The van der Waals surface area contributed by atoms with E-state index in [1.54, 1.807) is 0 Å². The smallest absolute Gasteiger partial charge is 0.338 e. The molecule has 3 aromatic rings. The summed E-state index contributed by atoms with van der Waals surface area (Å²) in [6, 6.07) is 24.8. The molecule has 0 unspecified atom stereocenters. The fourth-order valence-electron chi connectivity index (χ4n) is 2.89. The Morgan fingerprint density at radius 2 is 1.34 bits per heavy atom. The molecule has 0 aliphatic heterocycles. The summed E-state index contributed by atoms with van der Waals surface area (Å²) in [6.45, 7) is -0.510. The summed E-state index contributed by atoms with van der Waals surface area (Å²) in [7, 11) is -3.17. The Morgan fingerprint density at radius 1 is 0.812 bits per heavy atom. The average molecular weight is 451 g/mol. The number of benzene rings is 3. The highest BCUT2D eigenvalue weighted by molar-refractivity contribution is 7.89. The van der Waals surface area contributed by atoms with Crippen molar-refractivity contribution < 1.29 is 22.7 Å². The third kappa shape index (κ3) is 6.88. The molecule has 0 radical (unpaired) electrons. The quantitative estimate of drug-likeness (QED) is 0.323. The van der Waals surface area contributed by atoms with Gasteiger partial charge >= 0.3 is 5.97 Å². The van der Waals surface area contributed by atoms with Gasteiger partial charge in [-0.1, -0.05) is 72.8 Å². The lowest BCUT2D eigenvalue weighted by Gasteiger charge is -2.08. The van der Waals surface area contributed by atoms with Gasteiger partial charge in [-0.05, 0) is 17.7 Å². The number of hydrogen-bond acceptors (Lipinski definition) is 6. The molecule has 0 saturated carbocycles. The highest BCUT2D eigenvalue weighted by Crippen LogP contribution is 2.11. The normalized spacial score (nSPS) is 10.8. The fourth-order valence-corrected chi connectivity index (χ4v) is 3.69. The molecule has 0 aliphatic rings. The Labute approximate surface area is 186 Å². The van der Waals surface area contributed by atoms with E-state index in [0.29, 0.717) is 11.3 Å². The minimum Gasteiger partial charge on any atom is -0.452 e. The number of amides is 1. The van der Waals surface area contributed by atoms with Crippen molar-refractivity contribution >= 4 is 27.4 Å². The van der Waals surface area contributed by atoms with Crippen LogP contribution in [-0.2, 0) is 25.1 Å². The first-order chi connectivity index (χ1) is 15.3. The van der Waals surface area contributed by atoms with Gasteiger partial charge in [0.25, 0.3) is 5.91 Å². The molecule has 0 aromatic heterocycles. The van der Waals surface area contributed by atoms with E-state index >= 15 is 0 Å². The third-order valence-electron chi connectivity index (χ3n) is 4.34. The molecule has 1 N–H and O–H groups in total. The fraction of sp³-hybridized carbons (Fsp3) is 0.125. The summed E-state index contributed by atoms with van der Waals surface area (Å²) in [4.78, 5) is 24.4. The van der Waals surface area contributed by atoms with E-state index in [2.05, 4.69) is 10.5 Å². The van der Waals surface area contributed by atoms with E-state index in [1.807, 2.05) is 60.7 Å². The maximum Gasteiger partial charge on any atom is 0.338 e. The van der Waals surface area contributed by atoms with Crippen LogP contribution in [0.4, 0.5) is 0 Å². The zero-order valence-corrected chi connectivity index (χ0v) is 18.2. The van der Waals surface area contributed by atoms with Gasteiger partial charge in [0, 0.05) is 17.4 Å². The van der Waals surface area contributed by atoms with E-state index in [0.717, 1.165) is 17.4 Å². The van der Waals surface area contributed by atoms with Gasteiger partial charge in [0.2, 0.25) is 0 Å². The zero-order chi connectivity index (χ0) is 23.0. The summed E-state index contributed by atoms with van der Waals surface area (Å²) in [5.41, 5.74) is 5.43. The molecule has 7 nitrogen and oxygen atoms in total. The number of nitrogens with zero attached hydrogens (tertiary/aromatic N) is 1. The Balaban J connectivity index is 1.62. The third-order valence-corrected chi connectivity index (χ3v) is 5.20. The number of carbonyl (C=O) groups excluding carboxylic acids is 2. The monoisotopic (exact) mass is 450 g/mol. The lowest BCUT2D eigenvalue weighted by Crippen LogP contribution is -2.26. The van der Waals surface area contributed by atoms with Crippen molar-refractivity contribution in [2.45, 2.75) is 5.75 Å². The summed E-state index contributed by atoms with van der Waals surface area (Å²) in [5, 5.41) is 4.23. The van der Waals surface area contributed by atoms with Crippen LogP contribution in [0.5, 0.6) is 0 Å². The summed E-state index contributed by atoms with van der Waals surface area (Å²) in [5.74, 6) is -1.40. The highest BCUT2D eigenvalue weighted by Gasteiger charge is 2.12. The van der Waals surface area contributed by atoms with Gasteiger partial charge < -0.3 is 4.74 Å². The summed E-state index contributed by atoms with van der Waals surface area (Å²) in [6.07, 6.45) is 1.14. The number of hydrazone groups is 1. The number of carbonyl (C=O) groups is 2. The van der Waals surface area contributed by atoms with Gasteiger partial charge in [0.15, 0.2) is 16.4 Å². The molecule has 32 heavy (non-hydrogen) atoms. The summed E-state index contributed by atoms with van der Waals surface area (Å²) >= 11 is 0. The number of sulfone groups is 1. The molecule has 0 aliphatic carbocycles. The van der Waals surface area contributed by atoms with E-state index in [9.17, 15) is 18.0 Å². The second-order valence-electron chi connectivity index (χ2n) is 7.07. The number of nitrogens with one attached hydrogen (secondary N) is 1. The highest BCUT2D eigenvalue weighted by atomic mass is 32.2. The first-order valence-electron chi connectivity index (χ1n) is 9.73.